The zero-order valence-corrected chi connectivity index (χ0v) is 9.79. The molecule has 1 aromatic rings. The average Bonchev–Trinajstić information content (AvgIpc) is 2.26. The fraction of sp³-hybridized carbons (Fsp3) is 0.538. The highest BCUT2D eigenvalue weighted by Crippen LogP contribution is 2.15. The van der Waals surface area contributed by atoms with Gasteiger partial charge in [-0.15, -0.1) is 0 Å². The van der Waals surface area contributed by atoms with E-state index < -0.39 is 0 Å². The smallest absolute Gasteiger partial charge is 0.0383 e. The predicted octanol–water partition coefficient (Wildman–Crippen LogP) is 2.92. The SMILES string of the molecule is CCCCC(CN)Nc1ccccc1C. The van der Waals surface area contributed by atoms with E-state index in [1.54, 1.807) is 0 Å². The first-order valence-corrected chi connectivity index (χ1v) is 5.80. The highest BCUT2D eigenvalue weighted by atomic mass is 14.9. The minimum atomic E-state index is 0.408. The lowest BCUT2D eigenvalue weighted by Gasteiger charge is -2.19. The van der Waals surface area contributed by atoms with Crippen LogP contribution in [0.4, 0.5) is 5.69 Å². The number of hydrogen-bond acceptors (Lipinski definition) is 2. The normalized spacial score (nSPS) is 12.5. The number of nitrogens with two attached hydrogens (primary N) is 1. The number of benzene rings is 1. The Balaban J connectivity index is 2.54. The standard InChI is InChI=1S/C13H22N2/c1-3-4-8-12(10-14)15-13-9-6-5-7-11(13)2/h5-7,9,12,15H,3-4,8,10,14H2,1-2H3. The Kier molecular flexibility index (Phi) is 5.19. The van der Waals surface area contributed by atoms with Gasteiger partial charge < -0.3 is 11.1 Å². The molecule has 0 fully saturated rings. The molecule has 1 atom stereocenters. The molecule has 0 spiro atoms. The van der Waals surface area contributed by atoms with Gasteiger partial charge in [0, 0.05) is 18.3 Å². The summed E-state index contributed by atoms with van der Waals surface area (Å²) in [4.78, 5) is 0. The Morgan fingerprint density at radius 2 is 2.07 bits per heavy atom. The minimum Gasteiger partial charge on any atom is -0.381 e. The van der Waals surface area contributed by atoms with Gasteiger partial charge in [-0.3, -0.25) is 0 Å². The Labute approximate surface area is 92.9 Å². The summed E-state index contributed by atoms with van der Waals surface area (Å²) in [5.41, 5.74) is 8.25. The van der Waals surface area contributed by atoms with Gasteiger partial charge in [-0.2, -0.15) is 0 Å². The maximum absolute atomic E-state index is 5.75. The molecular formula is C13H22N2. The van der Waals surface area contributed by atoms with E-state index in [0.29, 0.717) is 12.6 Å². The Morgan fingerprint density at radius 1 is 1.33 bits per heavy atom. The van der Waals surface area contributed by atoms with Gasteiger partial charge in [-0.25, -0.2) is 0 Å². The van der Waals surface area contributed by atoms with Crippen molar-refractivity contribution in [1.82, 2.24) is 0 Å². The molecule has 3 N–H and O–H groups in total. The summed E-state index contributed by atoms with van der Waals surface area (Å²) < 4.78 is 0. The van der Waals surface area contributed by atoms with E-state index in [-0.39, 0.29) is 0 Å². The molecule has 0 aliphatic carbocycles. The van der Waals surface area contributed by atoms with Gasteiger partial charge in [0.25, 0.3) is 0 Å². The summed E-state index contributed by atoms with van der Waals surface area (Å²) in [5, 5.41) is 3.51. The number of rotatable bonds is 6. The fourth-order valence-corrected chi connectivity index (χ4v) is 1.65. The first kappa shape index (κ1) is 12.1. The molecule has 0 aliphatic heterocycles. The molecular weight excluding hydrogens is 184 g/mol. The first-order chi connectivity index (χ1) is 7.27. The van der Waals surface area contributed by atoms with Gasteiger partial charge in [0.2, 0.25) is 0 Å². The molecule has 1 rings (SSSR count). The quantitative estimate of drug-likeness (QED) is 0.751. The highest BCUT2D eigenvalue weighted by molar-refractivity contribution is 5.50. The molecule has 0 saturated heterocycles. The predicted molar refractivity (Wildman–Crippen MR) is 67.2 cm³/mol. The molecule has 0 amide bonds. The molecule has 2 heteroatoms. The summed E-state index contributed by atoms with van der Waals surface area (Å²) in [6, 6.07) is 8.76. The number of anilines is 1. The molecule has 15 heavy (non-hydrogen) atoms. The average molecular weight is 206 g/mol. The van der Waals surface area contributed by atoms with Gasteiger partial charge in [0.05, 0.1) is 0 Å². The molecule has 0 saturated carbocycles. The van der Waals surface area contributed by atoms with Crippen molar-refractivity contribution in [2.45, 2.75) is 39.2 Å². The van der Waals surface area contributed by atoms with Crippen molar-refractivity contribution in [3.8, 4) is 0 Å². The Bertz CT molecular complexity index is 284. The van der Waals surface area contributed by atoms with Gasteiger partial charge in [-0.05, 0) is 25.0 Å². The second-order valence-corrected chi connectivity index (χ2v) is 4.03. The van der Waals surface area contributed by atoms with Crippen LogP contribution < -0.4 is 11.1 Å². The Morgan fingerprint density at radius 3 is 2.67 bits per heavy atom. The molecule has 0 aliphatic rings. The van der Waals surface area contributed by atoms with E-state index in [2.05, 4.69) is 43.4 Å². The molecule has 0 radical (unpaired) electrons. The maximum Gasteiger partial charge on any atom is 0.0383 e. The van der Waals surface area contributed by atoms with Gasteiger partial charge in [0.15, 0.2) is 0 Å². The van der Waals surface area contributed by atoms with Gasteiger partial charge in [-0.1, -0.05) is 38.0 Å². The van der Waals surface area contributed by atoms with Crippen LogP contribution in [-0.2, 0) is 0 Å². The Hall–Kier alpha value is -1.02. The topological polar surface area (TPSA) is 38.0 Å². The third kappa shape index (κ3) is 3.92. The fourth-order valence-electron chi connectivity index (χ4n) is 1.65. The lowest BCUT2D eigenvalue weighted by atomic mass is 10.1. The first-order valence-electron chi connectivity index (χ1n) is 5.80. The van der Waals surface area contributed by atoms with Crippen molar-refractivity contribution in [2.75, 3.05) is 11.9 Å². The third-order valence-electron chi connectivity index (χ3n) is 2.70. The van der Waals surface area contributed by atoms with Crippen LogP contribution in [0.15, 0.2) is 24.3 Å². The molecule has 1 unspecified atom stereocenters. The van der Waals surface area contributed by atoms with E-state index >= 15 is 0 Å². The van der Waals surface area contributed by atoms with Crippen molar-refractivity contribution in [2.24, 2.45) is 5.73 Å². The number of unbranched alkanes of at least 4 members (excludes halogenated alkanes) is 1. The molecule has 0 heterocycles. The van der Waals surface area contributed by atoms with E-state index in [1.165, 1.54) is 24.1 Å². The van der Waals surface area contributed by atoms with Crippen molar-refractivity contribution < 1.29 is 0 Å². The number of para-hydroxylation sites is 1. The zero-order valence-electron chi connectivity index (χ0n) is 9.79. The molecule has 2 nitrogen and oxygen atoms in total. The van der Waals surface area contributed by atoms with E-state index in [4.69, 9.17) is 5.73 Å². The van der Waals surface area contributed by atoms with Crippen LogP contribution in [0.5, 0.6) is 0 Å². The van der Waals surface area contributed by atoms with Crippen LogP contribution in [0.25, 0.3) is 0 Å². The lowest BCUT2D eigenvalue weighted by molar-refractivity contribution is 0.614. The second kappa shape index (κ2) is 6.46. The van der Waals surface area contributed by atoms with E-state index in [0.717, 1.165) is 6.42 Å². The zero-order chi connectivity index (χ0) is 11.1. The van der Waals surface area contributed by atoms with Crippen molar-refractivity contribution in [3.63, 3.8) is 0 Å². The second-order valence-electron chi connectivity index (χ2n) is 4.03. The molecule has 0 aromatic heterocycles. The third-order valence-corrected chi connectivity index (χ3v) is 2.70. The molecule has 0 bridgehead atoms. The number of aryl methyl sites for hydroxylation is 1. The van der Waals surface area contributed by atoms with Crippen molar-refractivity contribution >= 4 is 5.69 Å². The van der Waals surface area contributed by atoms with Crippen molar-refractivity contribution in [3.05, 3.63) is 29.8 Å². The maximum atomic E-state index is 5.75. The van der Waals surface area contributed by atoms with Crippen LogP contribution in [0.1, 0.15) is 31.7 Å². The summed E-state index contributed by atoms with van der Waals surface area (Å²) in [6.07, 6.45) is 3.62. The van der Waals surface area contributed by atoms with E-state index in [1.807, 2.05) is 0 Å². The van der Waals surface area contributed by atoms with Gasteiger partial charge in [0.1, 0.15) is 0 Å². The van der Waals surface area contributed by atoms with Crippen LogP contribution in [0.3, 0.4) is 0 Å². The summed E-state index contributed by atoms with van der Waals surface area (Å²) in [7, 11) is 0. The van der Waals surface area contributed by atoms with Crippen LogP contribution in [-0.4, -0.2) is 12.6 Å². The van der Waals surface area contributed by atoms with Gasteiger partial charge >= 0.3 is 0 Å². The number of hydrogen-bond donors (Lipinski definition) is 2. The largest absolute Gasteiger partial charge is 0.381 e. The molecule has 1 aromatic carbocycles. The molecule has 84 valence electrons. The highest BCUT2D eigenvalue weighted by Gasteiger charge is 2.06. The van der Waals surface area contributed by atoms with E-state index in [9.17, 15) is 0 Å². The number of nitrogens with one attached hydrogen (secondary N) is 1. The van der Waals surface area contributed by atoms with Crippen LogP contribution >= 0.6 is 0 Å². The summed E-state index contributed by atoms with van der Waals surface area (Å²) in [6.45, 7) is 5.03. The summed E-state index contributed by atoms with van der Waals surface area (Å²) >= 11 is 0. The minimum absolute atomic E-state index is 0.408. The van der Waals surface area contributed by atoms with Crippen LogP contribution in [0, 0.1) is 6.92 Å². The monoisotopic (exact) mass is 206 g/mol. The summed E-state index contributed by atoms with van der Waals surface area (Å²) in [5.74, 6) is 0. The van der Waals surface area contributed by atoms with Crippen LogP contribution in [0.2, 0.25) is 0 Å². The lowest BCUT2D eigenvalue weighted by Crippen LogP contribution is -2.29. The van der Waals surface area contributed by atoms with Crippen molar-refractivity contribution in [1.29, 1.82) is 0 Å².